The first-order valence-corrected chi connectivity index (χ1v) is 10.2. The maximum atomic E-state index is 12.4. The molecule has 2 aromatic carbocycles. The summed E-state index contributed by atoms with van der Waals surface area (Å²) in [7, 11) is 0. The number of hydrogen-bond acceptors (Lipinski definition) is 7. The number of nitro benzene ring substituents is 1. The van der Waals surface area contributed by atoms with E-state index in [-0.39, 0.29) is 42.9 Å². The van der Waals surface area contributed by atoms with Gasteiger partial charge in [0.05, 0.1) is 18.0 Å². The molecule has 0 saturated carbocycles. The molecule has 0 spiro atoms. The van der Waals surface area contributed by atoms with E-state index in [1.54, 1.807) is 28.9 Å². The van der Waals surface area contributed by atoms with Crippen LogP contribution in [-0.2, 0) is 9.59 Å². The van der Waals surface area contributed by atoms with Crippen molar-refractivity contribution in [3.8, 4) is 17.2 Å². The van der Waals surface area contributed by atoms with E-state index < -0.39 is 4.92 Å². The van der Waals surface area contributed by atoms with Gasteiger partial charge in [0.15, 0.2) is 6.61 Å². The van der Waals surface area contributed by atoms with Crippen molar-refractivity contribution in [1.82, 2.24) is 9.80 Å². The number of ether oxygens (including phenoxy) is 2. The molecule has 1 aliphatic heterocycles. The highest BCUT2D eigenvalue weighted by atomic mass is 16.6. The highest BCUT2D eigenvalue weighted by Crippen LogP contribution is 2.23. The van der Waals surface area contributed by atoms with E-state index in [1.807, 2.05) is 0 Å². The van der Waals surface area contributed by atoms with Crippen LogP contribution in [0.5, 0.6) is 17.2 Å². The molecule has 2 amide bonds. The van der Waals surface area contributed by atoms with E-state index in [9.17, 15) is 24.8 Å². The Morgan fingerprint density at radius 2 is 1.72 bits per heavy atom. The highest BCUT2D eigenvalue weighted by Gasteiger charge is 2.24. The Hall–Kier alpha value is -3.82. The maximum Gasteiger partial charge on any atom is 0.269 e. The van der Waals surface area contributed by atoms with Gasteiger partial charge >= 0.3 is 0 Å². The third kappa shape index (κ3) is 6.10. The molecular weight excluding hydrogens is 418 g/mol. The first kappa shape index (κ1) is 22.9. The summed E-state index contributed by atoms with van der Waals surface area (Å²) < 4.78 is 11.0. The molecule has 0 radical (unpaired) electrons. The van der Waals surface area contributed by atoms with Crippen molar-refractivity contribution < 1.29 is 29.1 Å². The molecule has 2 aromatic rings. The van der Waals surface area contributed by atoms with Crippen LogP contribution in [0.3, 0.4) is 0 Å². The second-order valence-electron chi connectivity index (χ2n) is 7.35. The fourth-order valence-corrected chi connectivity index (χ4v) is 3.33. The summed E-state index contributed by atoms with van der Waals surface area (Å²) in [6.07, 6.45) is 0.172. The fraction of sp³-hybridized carbons (Fsp3) is 0.364. The van der Waals surface area contributed by atoms with Gasteiger partial charge in [-0.05, 0) is 30.7 Å². The molecule has 0 aromatic heterocycles. The summed E-state index contributed by atoms with van der Waals surface area (Å²) in [6, 6.07) is 10.6. The Kier molecular flexibility index (Phi) is 7.48. The van der Waals surface area contributed by atoms with Crippen molar-refractivity contribution in [2.75, 3.05) is 39.4 Å². The van der Waals surface area contributed by atoms with Crippen molar-refractivity contribution in [1.29, 1.82) is 0 Å². The minimum absolute atomic E-state index is 0.00865. The van der Waals surface area contributed by atoms with Gasteiger partial charge in [-0.3, -0.25) is 19.7 Å². The van der Waals surface area contributed by atoms with Crippen molar-refractivity contribution in [2.45, 2.75) is 13.3 Å². The van der Waals surface area contributed by atoms with Crippen LogP contribution in [0.4, 0.5) is 5.69 Å². The second-order valence-corrected chi connectivity index (χ2v) is 7.35. The molecule has 0 unspecified atom stereocenters. The van der Waals surface area contributed by atoms with Crippen molar-refractivity contribution >= 4 is 17.5 Å². The van der Waals surface area contributed by atoms with Crippen LogP contribution in [0, 0.1) is 17.0 Å². The molecule has 10 nitrogen and oxygen atoms in total. The van der Waals surface area contributed by atoms with Crippen LogP contribution in [0.1, 0.15) is 12.0 Å². The van der Waals surface area contributed by atoms with Gasteiger partial charge in [-0.25, -0.2) is 0 Å². The average Bonchev–Trinajstić information content (AvgIpc) is 2.78. The Balaban J connectivity index is 1.38. The summed E-state index contributed by atoms with van der Waals surface area (Å²) in [5.74, 6) is 0.723. The number of piperazine rings is 1. The van der Waals surface area contributed by atoms with Gasteiger partial charge in [0.1, 0.15) is 17.2 Å². The second kappa shape index (κ2) is 10.5. The van der Waals surface area contributed by atoms with Gasteiger partial charge in [-0.2, -0.15) is 0 Å². The lowest BCUT2D eigenvalue weighted by Gasteiger charge is -2.34. The normalized spacial score (nSPS) is 13.5. The minimum Gasteiger partial charge on any atom is -0.508 e. The molecule has 3 rings (SSSR count). The summed E-state index contributed by atoms with van der Waals surface area (Å²) in [5.41, 5.74) is 0.623. The monoisotopic (exact) mass is 443 g/mol. The van der Waals surface area contributed by atoms with Crippen LogP contribution >= 0.6 is 0 Å². The zero-order valence-corrected chi connectivity index (χ0v) is 17.7. The number of aryl methyl sites for hydroxylation is 1. The third-order valence-corrected chi connectivity index (χ3v) is 5.11. The number of phenolic OH excluding ortho intramolecular Hbond substituents is 1. The molecular formula is C22H25N3O7. The van der Waals surface area contributed by atoms with Gasteiger partial charge in [-0.1, -0.05) is 6.07 Å². The summed E-state index contributed by atoms with van der Waals surface area (Å²) in [5, 5.41) is 20.2. The number of amides is 2. The number of phenols is 1. The lowest BCUT2D eigenvalue weighted by molar-refractivity contribution is -0.384. The number of hydrogen-bond donors (Lipinski definition) is 1. The van der Waals surface area contributed by atoms with Crippen molar-refractivity contribution in [3.63, 3.8) is 0 Å². The minimum atomic E-state index is -0.469. The number of nitro groups is 1. The molecule has 170 valence electrons. The SMILES string of the molecule is Cc1cc([N+](=O)[O-])ccc1OCCC(=O)N1CCN(C(=O)COc2cccc(O)c2)CC1. The highest BCUT2D eigenvalue weighted by molar-refractivity contribution is 5.79. The Bertz CT molecular complexity index is 987. The molecule has 0 aliphatic carbocycles. The predicted molar refractivity (Wildman–Crippen MR) is 115 cm³/mol. The Morgan fingerprint density at radius 1 is 1.03 bits per heavy atom. The van der Waals surface area contributed by atoms with Crippen LogP contribution in [0.2, 0.25) is 0 Å². The standard InChI is InChI=1S/C22H25N3O7/c1-16-13-17(25(29)30)5-6-20(16)31-12-7-21(27)23-8-10-24(11-9-23)22(28)15-32-19-4-2-3-18(26)14-19/h2-6,13-14,26H,7-12,15H2,1H3. The number of carbonyl (C=O) groups excluding carboxylic acids is 2. The number of non-ortho nitro benzene ring substituents is 1. The molecule has 1 fully saturated rings. The molecule has 32 heavy (non-hydrogen) atoms. The van der Waals surface area contributed by atoms with E-state index in [1.165, 1.54) is 30.3 Å². The van der Waals surface area contributed by atoms with E-state index in [4.69, 9.17) is 9.47 Å². The van der Waals surface area contributed by atoms with Gasteiger partial charge in [0, 0.05) is 44.4 Å². The maximum absolute atomic E-state index is 12.4. The lowest BCUT2D eigenvalue weighted by atomic mass is 10.2. The molecule has 1 N–H and O–H groups in total. The lowest BCUT2D eigenvalue weighted by Crippen LogP contribution is -2.51. The Labute approximate surface area is 185 Å². The van der Waals surface area contributed by atoms with Crippen LogP contribution in [-0.4, -0.2) is 71.0 Å². The van der Waals surface area contributed by atoms with Gasteiger partial charge < -0.3 is 24.4 Å². The third-order valence-electron chi connectivity index (χ3n) is 5.11. The van der Waals surface area contributed by atoms with Crippen LogP contribution in [0.15, 0.2) is 42.5 Å². The summed E-state index contributed by atoms with van der Waals surface area (Å²) in [4.78, 5) is 38.4. The smallest absolute Gasteiger partial charge is 0.269 e. The summed E-state index contributed by atoms with van der Waals surface area (Å²) in [6.45, 7) is 3.41. The summed E-state index contributed by atoms with van der Waals surface area (Å²) >= 11 is 0. The molecule has 1 aliphatic rings. The predicted octanol–water partition coefficient (Wildman–Crippen LogP) is 2.13. The zero-order valence-electron chi connectivity index (χ0n) is 17.7. The number of aromatic hydroxyl groups is 1. The number of benzene rings is 2. The quantitative estimate of drug-likeness (QED) is 0.490. The fourth-order valence-electron chi connectivity index (χ4n) is 3.33. The number of carbonyl (C=O) groups is 2. The molecule has 0 bridgehead atoms. The topological polar surface area (TPSA) is 122 Å². The van der Waals surface area contributed by atoms with Crippen molar-refractivity contribution in [2.24, 2.45) is 0 Å². The number of rotatable bonds is 8. The largest absolute Gasteiger partial charge is 0.508 e. The van der Waals surface area contributed by atoms with Gasteiger partial charge in [0.2, 0.25) is 5.91 Å². The first-order chi connectivity index (χ1) is 15.3. The van der Waals surface area contributed by atoms with Gasteiger partial charge in [-0.15, -0.1) is 0 Å². The molecule has 0 atom stereocenters. The number of nitrogens with zero attached hydrogens (tertiary/aromatic N) is 3. The zero-order chi connectivity index (χ0) is 23.1. The Morgan fingerprint density at radius 3 is 2.34 bits per heavy atom. The van der Waals surface area contributed by atoms with E-state index in [0.29, 0.717) is 43.2 Å². The van der Waals surface area contributed by atoms with Gasteiger partial charge in [0.25, 0.3) is 11.6 Å². The van der Waals surface area contributed by atoms with E-state index in [0.717, 1.165) is 0 Å². The van der Waals surface area contributed by atoms with E-state index in [2.05, 4.69) is 0 Å². The van der Waals surface area contributed by atoms with Crippen molar-refractivity contribution in [3.05, 3.63) is 58.1 Å². The molecule has 10 heteroatoms. The average molecular weight is 443 g/mol. The molecule has 1 saturated heterocycles. The van der Waals surface area contributed by atoms with Crippen LogP contribution in [0.25, 0.3) is 0 Å². The van der Waals surface area contributed by atoms with E-state index >= 15 is 0 Å². The van der Waals surface area contributed by atoms with Crippen LogP contribution < -0.4 is 9.47 Å². The molecule has 1 heterocycles. The first-order valence-electron chi connectivity index (χ1n) is 10.2.